The minimum absolute atomic E-state index is 0.260. The van der Waals surface area contributed by atoms with Crippen molar-refractivity contribution in [3.63, 3.8) is 0 Å². The topological polar surface area (TPSA) is 72.6 Å². The molecule has 0 saturated carbocycles. The van der Waals surface area contributed by atoms with E-state index in [4.69, 9.17) is 4.74 Å². The summed E-state index contributed by atoms with van der Waals surface area (Å²) in [7, 11) is 0. The first kappa shape index (κ1) is 7.85. The van der Waals surface area contributed by atoms with Gasteiger partial charge >= 0.3 is 5.69 Å². The Morgan fingerprint density at radius 2 is 2.31 bits per heavy atom. The first-order valence-corrected chi connectivity index (χ1v) is 3.81. The minimum atomic E-state index is -0.603. The fourth-order valence-corrected chi connectivity index (χ4v) is 1.35. The maximum absolute atomic E-state index is 10.4. The van der Waals surface area contributed by atoms with E-state index in [-0.39, 0.29) is 11.4 Å². The number of hydrogen-bond acceptors (Lipinski definition) is 4. The van der Waals surface area contributed by atoms with Crippen molar-refractivity contribution in [3.05, 3.63) is 27.8 Å². The second kappa shape index (κ2) is 2.62. The van der Waals surface area contributed by atoms with Crippen molar-refractivity contribution in [1.29, 1.82) is 0 Å². The molecule has 5 nitrogen and oxygen atoms in total. The number of fused-ring (bicyclic) bond motifs is 1. The standard InChI is InChI=1S/C8H7NO4/c10-7-4-8-5(1-2-13-8)3-6(7)9(11)12/h3-4,10H,1-2H2. The van der Waals surface area contributed by atoms with Gasteiger partial charge < -0.3 is 9.84 Å². The molecule has 0 saturated heterocycles. The molecular weight excluding hydrogens is 174 g/mol. The van der Waals surface area contributed by atoms with E-state index in [1.165, 1.54) is 12.1 Å². The lowest BCUT2D eigenvalue weighted by atomic mass is 10.1. The number of nitrogens with zero attached hydrogens (tertiary/aromatic N) is 1. The van der Waals surface area contributed by atoms with Crippen LogP contribution in [0, 0.1) is 10.1 Å². The van der Waals surface area contributed by atoms with Crippen LogP contribution in [0.2, 0.25) is 0 Å². The predicted octanol–water partition coefficient (Wildman–Crippen LogP) is 1.24. The van der Waals surface area contributed by atoms with Gasteiger partial charge in [-0.05, 0) is 0 Å². The van der Waals surface area contributed by atoms with Crippen molar-refractivity contribution >= 4 is 5.69 Å². The predicted molar refractivity (Wildman–Crippen MR) is 44.0 cm³/mol. The quantitative estimate of drug-likeness (QED) is 0.522. The van der Waals surface area contributed by atoms with Gasteiger partial charge in [0.15, 0.2) is 5.75 Å². The molecule has 1 aliphatic heterocycles. The maximum Gasteiger partial charge on any atom is 0.311 e. The average molecular weight is 181 g/mol. The Labute approximate surface area is 73.7 Å². The van der Waals surface area contributed by atoms with Crippen LogP contribution in [0.25, 0.3) is 0 Å². The van der Waals surface area contributed by atoms with Crippen molar-refractivity contribution in [2.45, 2.75) is 6.42 Å². The number of nitro groups is 1. The first-order valence-electron chi connectivity index (χ1n) is 3.81. The highest BCUT2D eigenvalue weighted by Gasteiger charge is 2.21. The molecule has 2 rings (SSSR count). The second-order valence-electron chi connectivity index (χ2n) is 2.80. The van der Waals surface area contributed by atoms with Crippen molar-refractivity contribution in [3.8, 4) is 11.5 Å². The molecule has 5 heteroatoms. The van der Waals surface area contributed by atoms with Gasteiger partial charge in [-0.1, -0.05) is 0 Å². The lowest BCUT2D eigenvalue weighted by Gasteiger charge is -2.00. The number of phenolic OH excluding ortho intramolecular Hbond substituents is 1. The number of aromatic hydroxyl groups is 1. The van der Waals surface area contributed by atoms with Gasteiger partial charge in [-0.25, -0.2) is 0 Å². The molecule has 1 N–H and O–H groups in total. The lowest BCUT2D eigenvalue weighted by Crippen LogP contribution is -1.89. The maximum atomic E-state index is 10.4. The van der Waals surface area contributed by atoms with Crippen LogP contribution in [0.3, 0.4) is 0 Å². The Bertz CT molecular complexity index is 375. The van der Waals surface area contributed by atoms with Crippen molar-refractivity contribution < 1.29 is 14.8 Å². The van der Waals surface area contributed by atoms with E-state index in [0.29, 0.717) is 18.8 Å². The van der Waals surface area contributed by atoms with Crippen LogP contribution in [-0.2, 0) is 6.42 Å². The van der Waals surface area contributed by atoms with Gasteiger partial charge in [-0.15, -0.1) is 0 Å². The highest BCUT2D eigenvalue weighted by molar-refractivity contribution is 5.55. The van der Waals surface area contributed by atoms with E-state index in [9.17, 15) is 15.2 Å². The summed E-state index contributed by atoms with van der Waals surface area (Å²) < 4.78 is 5.13. The van der Waals surface area contributed by atoms with Crippen LogP contribution in [0.15, 0.2) is 12.1 Å². The van der Waals surface area contributed by atoms with Crippen LogP contribution >= 0.6 is 0 Å². The number of benzene rings is 1. The van der Waals surface area contributed by atoms with E-state index < -0.39 is 4.92 Å². The lowest BCUT2D eigenvalue weighted by molar-refractivity contribution is -0.385. The van der Waals surface area contributed by atoms with Gasteiger partial charge in [0, 0.05) is 24.1 Å². The van der Waals surface area contributed by atoms with Gasteiger partial charge in [-0.2, -0.15) is 0 Å². The molecule has 1 aromatic rings. The van der Waals surface area contributed by atoms with Crippen molar-refractivity contribution in [1.82, 2.24) is 0 Å². The van der Waals surface area contributed by atoms with Crippen LogP contribution in [-0.4, -0.2) is 16.6 Å². The van der Waals surface area contributed by atoms with Crippen LogP contribution in [0.4, 0.5) is 5.69 Å². The molecule has 1 aromatic carbocycles. The molecule has 1 heterocycles. The molecular formula is C8H7NO4. The molecule has 0 aliphatic carbocycles. The molecule has 0 spiro atoms. The summed E-state index contributed by atoms with van der Waals surface area (Å²) in [6.07, 6.45) is 0.663. The molecule has 13 heavy (non-hydrogen) atoms. The Morgan fingerprint density at radius 1 is 1.54 bits per heavy atom. The third-order valence-electron chi connectivity index (χ3n) is 1.98. The molecule has 0 unspecified atom stereocenters. The van der Waals surface area contributed by atoms with Crippen LogP contribution < -0.4 is 4.74 Å². The first-order chi connectivity index (χ1) is 6.18. The fraction of sp³-hybridized carbons (Fsp3) is 0.250. The molecule has 0 radical (unpaired) electrons. The number of rotatable bonds is 1. The Kier molecular flexibility index (Phi) is 1.58. The van der Waals surface area contributed by atoms with Gasteiger partial charge in [0.05, 0.1) is 11.5 Å². The highest BCUT2D eigenvalue weighted by Crippen LogP contribution is 2.36. The zero-order chi connectivity index (χ0) is 9.42. The normalized spacial score (nSPS) is 13.5. The van der Waals surface area contributed by atoms with Crippen molar-refractivity contribution in [2.75, 3.05) is 6.61 Å². The third-order valence-corrected chi connectivity index (χ3v) is 1.98. The summed E-state index contributed by atoms with van der Waals surface area (Å²) in [5.74, 6) is 0.203. The smallest absolute Gasteiger partial charge is 0.311 e. The summed E-state index contributed by atoms with van der Waals surface area (Å²) in [6.45, 7) is 0.524. The Hall–Kier alpha value is -1.78. The molecule has 0 bridgehead atoms. The molecule has 0 amide bonds. The molecule has 0 atom stereocenters. The average Bonchev–Trinajstić information content (AvgIpc) is 2.48. The summed E-state index contributed by atoms with van der Waals surface area (Å²) in [5, 5.41) is 19.6. The van der Waals surface area contributed by atoms with Crippen LogP contribution in [0.5, 0.6) is 11.5 Å². The van der Waals surface area contributed by atoms with E-state index in [2.05, 4.69) is 0 Å². The Balaban J connectivity index is 2.55. The number of nitro benzene ring substituents is 1. The van der Waals surface area contributed by atoms with E-state index in [1.54, 1.807) is 0 Å². The number of ether oxygens (including phenoxy) is 1. The summed E-state index contributed by atoms with van der Waals surface area (Å²) >= 11 is 0. The Morgan fingerprint density at radius 3 is 3.00 bits per heavy atom. The zero-order valence-corrected chi connectivity index (χ0v) is 6.69. The number of phenols is 1. The van der Waals surface area contributed by atoms with Gasteiger partial charge in [0.1, 0.15) is 5.75 Å². The van der Waals surface area contributed by atoms with Crippen LogP contribution in [0.1, 0.15) is 5.56 Å². The zero-order valence-electron chi connectivity index (χ0n) is 6.69. The van der Waals surface area contributed by atoms with E-state index in [1.807, 2.05) is 0 Å². The molecule has 0 fully saturated rings. The van der Waals surface area contributed by atoms with Gasteiger partial charge in [0.2, 0.25) is 0 Å². The monoisotopic (exact) mass is 181 g/mol. The summed E-state index contributed by atoms with van der Waals surface area (Å²) in [5.41, 5.74) is 0.522. The molecule has 1 aliphatic rings. The van der Waals surface area contributed by atoms with Gasteiger partial charge in [0.25, 0.3) is 0 Å². The molecule has 68 valence electrons. The molecule has 0 aromatic heterocycles. The summed E-state index contributed by atoms with van der Waals surface area (Å²) in [4.78, 5) is 9.82. The highest BCUT2D eigenvalue weighted by atomic mass is 16.6. The van der Waals surface area contributed by atoms with Gasteiger partial charge in [-0.3, -0.25) is 10.1 Å². The fourth-order valence-electron chi connectivity index (χ4n) is 1.35. The number of hydrogen-bond donors (Lipinski definition) is 1. The second-order valence-corrected chi connectivity index (χ2v) is 2.80. The van der Waals surface area contributed by atoms with E-state index in [0.717, 1.165) is 5.56 Å². The van der Waals surface area contributed by atoms with E-state index >= 15 is 0 Å². The third kappa shape index (κ3) is 1.18. The SMILES string of the molecule is O=[N+]([O-])c1cc2c(cc1O)OCC2. The largest absolute Gasteiger partial charge is 0.502 e. The minimum Gasteiger partial charge on any atom is -0.502 e. The summed E-state index contributed by atoms with van der Waals surface area (Å²) in [6, 6.07) is 2.65. The van der Waals surface area contributed by atoms with Crippen molar-refractivity contribution in [2.24, 2.45) is 0 Å².